The normalized spacial score (nSPS) is 11.8. The molecule has 2 nitrogen and oxygen atoms in total. The van der Waals surface area contributed by atoms with E-state index in [-0.39, 0.29) is 0 Å². The van der Waals surface area contributed by atoms with Gasteiger partial charge in [0.05, 0.1) is 5.69 Å². The summed E-state index contributed by atoms with van der Waals surface area (Å²) in [6.07, 6.45) is 0. The third-order valence-electron chi connectivity index (χ3n) is 1.55. The minimum Gasteiger partial charge on any atom is -0.384 e. The van der Waals surface area contributed by atoms with Crippen LogP contribution >= 0.6 is 15.9 Å². The highest BCUT2D eigenvalue weighted by Crippen LogP contribution is 2.21. The van der Waals surface area contributed by atoms with Crippen LogP contribution in [-0.4, -0.2) is 10.1 Å². The molecule has 1 aromatic heterocycles. The van der Waals surface area contributed by atoms with Gasteiger partial charge in [-0.15, -0.1) is 0 Å². The smallest absolute Gasteiger partial charge is 0.101 e. The molecule has 0 aliphatic carbocycles. The second-order valence-corrected chi connectivity index (χ2v) is 4.29. The quantitative estimate of drug-likeness (QED) is 0.803. The number of hydrogen-bond donors (Lipinski definition) is 1. The lowest BCUT2D eigenvalue weighted by Gasteiger charge is -2.17. The van der Waals surface area contributed by atoms with Crippen molar-refractivity contribution in [2.24, 2.45) is 0 Å². The Labute approximate surface area is 80.8 Å². The number of pyridine rings is 1. The van der Waals surface area contributed by atoms with Crippen LogP contribution in [0.3, 0.4) is 0 Å². The Balaban J connectivity index is 3.18. The van der Waals surface area contributed by atoms with Crippen LogP contribution < -0.4 is 0 Å². The summed E-state index contributed by atoms with van der Waals surface area (Å²) in [4.78, 5) is 4.23. The first-order valence-electron chi connectivity index (χ1n) is 3.76. The molecule has 12 heavy (non-hydrogen) atoms. The van der Waals surface area contributed by atoms with E-state index in [0.29, 0.717) is 5.69 Å². The Hall–Kier alpha value is -0.410. The SMILES string of the molecule is Cc1cc(Br)cc(C(C)(C)O)n1. The van der Waals surface area contributed by atoms with E-state index >= 15 is 0 Å². The molecule has 0 bridgehead atoms. The molecule has 0 aromatic carbocycles. The predicted molar refractivity (Wildman–Crippen MR) is 51.9 cm³/mol. The Morgan fingerprint density at radius 2 is 2.00 bits per heavy atom. The predicted octanol–water partition coefficient (Wildman–Crippen LogP) is 2.38. The number of aliphatic hydroxyl groups is 1. The van der Waals surface area contributed by atoms with Crippen molar-refractivity contribution in [1.82, 2.24) is 4.98 Å². The average Bonchev–Trinajstić information content (AvgIpc) is 1.82. The van der Waals surface area contributed by atoms with Crippen LogP contribution in [0.25, 0.3) is 0 Å². The van der Waals surface area contributed by atoms with E-state index in [1.54, 1.807) is 13.8 Å². The fourth-order valence-electron chi connectivity index (χ4n) is 0.940. The van der Waals surface area contributed by atoms with Crippen molar-refractivity contribution in [2.75, 3.05) is 0 Å². The molecule has 0 saturated carbocycles. The third kappa shape index (κ3) is 2.29. The maximum absolute atomic E-state index is 9.65. The molecular weight excluding hydrogens is 218 g/mol. The van der Waals surface area contributed by atoms with Crippen LogP contribution in [0.15, 0.2) is 16.6 Å². The summed E-state index contributed by atoms with van der Waals surface area (Å²) in [5.74, 6) is 0. The van der Waals surface area contributed by atoms with Gasteiger partial charge in [0.25, 0.3) is 0 Å². The zero-order valence-corrected chi connectivity index (χ0v) is 9.01. The van der Waals surface area contributed by atoms with Crippen molar-refractivity contribution < 1.29 is 5.11 Å². The molecule has 1 heterocycles. The summed E-state index contributed by atoms with van der Waals surface area (Å²) in [6, 6.07) is 3.74. The van der Waals surface area contributed by atoms with Crippen LogP contribution in [0.5, 0.6) is 0 Å². The van der Waals surface area contributed by atoms with E-state index in [1.807, 2.05) is 19.1 Å². The summed E-state index contributed by atoms with van der Waals surface area (Å²) in [6.45, 7) is 5.35. The lowest BCUT2D eigenvalue weighted by atomic mass is 10.0. The van der Waals surface area contributed by atoms with Gasteiger partial charge in [0.2, 0.25) is 0 Å². The summed E-state index contributed by atoms with van der Waals surface area (Å²) in [5, 5.41) is 9.65. The van der Waals surface area contributed by atoms with Gasteiger partial charge in [0.1, 0.15) is 5.60 Å². The van der Waals surface area contributed by atoms with Gasteiger partial charge in [0.15, 0.2) is 0 Å². The molecular formula is C9H12BrNO. The lowest BCUT2D eigenvalue weighted by molar-refractivity contribution is 0.0736. The molecule has 0 unspecified atom stereocenters. The van der Waals surface area contributed by atoms with Crippen LogP contribution in [0.4, 0.5) is 0 Å². The number of aryl methyl sites for hydroxylation is 1. The van der Waals surface area contributed by atoms with Crippen molar-refractivity contribution in [1.29, 1.82) is 0 Å². The van der Waals surface area contributed by atoms with E-state index in [2.05, 4.69) is 20.9 Å². The minimum absolute atomic E-state index is 0.689. The van der Waals surface area contributed by atoms with Gasteiger partial charge in [-0.25, -0.2) is 0 Å². The van der Waals surface area contributed by atoms with Crippen molar-refractivity contribution in [3.63, 3.8) is 0 Å². The Bertz CT molecular complexity index is 271. The fraction of sp³-hybridized carbons (Fsp3) is 0.444. The summed E-state index contributed by atoms with van der Waals surface area (Å²) in [5.41, 5.74) is 0.727. The second-order valence-electron chi connectivity index (χ2n) is 3.37. The molecule has 1 rings (SSSR count). The number of rotatable bonds is 1. The molecule has 0 amide bonds. The van der Waals surface area contributed by atoms with Gasteiger partial charge < -0.3 is 5.11 Å². The van der Waals surface area contributed by atoms with E-state index in [4.69, 9.17) is 0 Å². The molecule has 0 aliphatic heterocycles. The maximum Gasteiger partial charge on any atom is 0.101 e. The second kappa shape index (κ2) is 3.15. The highest BCUT2D eigenvalue weighted by Gasteiger charge is 2.17. The largest absolute Gasteiger partial charge is 0.384 e. The van der Waals surface area contributed by atoms with Crippen LogP contribution in [0.2, 0.25) is 0 Å². The summed E-state index contributed by atoms with van der Waals surface area (Å²) >= 11 is 3.35. The molecule has 1 N–H and O–H groups in total. The minimum atomic E-state index is -0.867. The molecule has 0 aliphatic rings. The van der Waals surface area contributed by atoms with Gasteiger partial charge in [0, 0.05) is 10.2 Å². The monoisotopic (exact) mass is 229 g/mol. The Morgan fingerprint density at radius 1 is 1.42 bits per heavy atom. The van der Waals surface area contributed by atoms with Crippen LogP contribution in [0.1, 0.15) is 25.2 Å². The highest BCUT2D eigenvalue weighted by molar-refractivity contribution is 9.10. The zero-order chi connectivity index (χ0) is 9.35. The van der Waals surface area contributed by atoms with Crippen molar-refractivity contribution >= 4 is 15.9 Å². The Morgan fingerprint density at radius 3 is 2.42 bits per heavy atom. The first-order chi connectivity index (χ1) is 5.39. The standard InChI is InChI=1S/C9H12BrNO/c1-6-4-7(10)5-8(11-6)9(2,3)12/h4-5,12H,1-3H3. The molecule has 0 saturated heterocycles. The molecule has 3 heteroatoms. The number of hydrogen-bond acceptors (Lipinski definition) is 2. The van der Waals surface area contributed by atoms with Crippen LogP contribution in [0, 0.1) is 6.92 Å². The van der Waals surface area contributed by atoms with E-state index in [9.17, 15) is 5.11 Å². The maximum atomic E-state index is 9.65. The number of aromatic nitrogens is 1. The van der Waals surface area contributed by atoms with Crippen LogP contribution in [-0.2, 0) is 5.60 Å². The van der Waals surface area contributed by atoms with Gasteiger partial charge in [-0.2, -0.15) is 0 Å². The fourth-order valence-corrected chi connectivity index (χ4v) is 1.49. The average molecular weight is 230 g/mol. The topological polar surface area (TPSA) is 33.1 Å². The molecule has 1 aromatic rings. The number of halogens is 1. The molecule has 0 fully saturated rings. The van der Waals surface area contributed by atoms with Gasteiger partial charge in [-0.3, -0.25) is 4.98 Å². The van der Waals surface area contributed by atoms with E-state index in [0.717, 1.165) is 10.2 Å². The van der Waals surface area contributed by atoms with Crippen molar-refractivity contribution in [3.8, 4) is 0 Å². The van der Waals surface area contributed by atoms with Gasteiger partial charge in [-0.1, -0.05) is 15.9 Å². The summed E-state index contributed by atoms with van der Waals surface area (Å²) in [7, 11) is 0. The van der Waals surface area contributed by atoms with Gasteiger partial charge >= 0.3 is 0 Å². The van der Waals surface area contributed by atoms with E-state index < -0.39 is 5.60 Å². The van der Waals surface area contributed by atoms with Crippen molar-refractivity contribution in [2.45, 2.75) is 26.4 Å². The lowest BCUT2D eigenvalue weighted by Crippen LogP contribution is -2.17. The zero-order valence-electron chi connectivity index (χ0n) is 7.43. The first kappa shape index (κ1) is 9.68. The summed E-state index contributed by atoms with van der Waals surface area (Å²) < 4.78 is 0.951. The molecule has 0 spiro atoms. The number of nitrogens with zero attached hydrogens (tertiary/aromatic N) is 1. The molecule has 0 radical (unpaired) electrons. The molecule has 0 atom stereocenters. The van der Waals surface area contributed by atoms with Gasteiger partial charge in [-0.05, 0) is 32.9 Å². The molecule has 66 valence electrons. The van der Waals surface area contributed by atoms with E-state index in [1.165, 1.54) is 0 Å². The third-order valence-corrected chi connectivity index (χ3v) is 2.00. The Kier molecular flexibility index (Phi) is 2.54. The highest BCUT2D eigenvalue weighted by atomic mass is 79.9. The first-order valence-corrected chi connectivity index (χ1v) is 4.56. The van der Waals surface area contributed by atoms with Crippen molar-refractivity contribution in [3.05, 3.63) is 28.0 Å².